The summed E-state index contributed by atoms with van der Waals surface area (Å²) in [5.74, 6) is -4.41. The van der Waals surface area contributed by atoms with Crippen LogP contribution in [0.5, 0.6) is 0 Å². The van der Waals surface area contributed by atoms with Gasteiger partial charge in [0.2, 0.25) is 10.0 Å². The standard InChI is InChI=1S/C10H10BrF4NO2S/c1-6-2-3-8(7(11)4-6)19(17,18)16-5-10(14,15)9(12)13/h2-4,9,16H,5H2,1H3. The fourth-order valence-electron chi connectivity index (χ4n) is 1.17. The van der Waals surface area contributed by atoms with E-state index >= 15 is 0 Å². The number of aryl methyl sites for hydroxylation is 1. The smallest absolute Gasteiger partial charge is 0.207 e. The molecule has 0 aliphatic heterocycles. The zero-order chi connectivity index (χ0) is 14.8. The van der Waals surface area contributed by atoms with Crippen LogP contribution < -0.4 is 4.72 Å². The molecule has 1 aromatic carbocycles. The Hall–Kier alpha value is -0.670. The van der Waals surface area contributed by atoms with Crippen LogP contribution in [0.4, 0.5) is 17.6 Å². The highest BCUT2D eigenvalue weighted by Gasteiger charge is 2.41. The molecule has 0 fully saturated rings. The van der Waals surface area contributed by atoms with Gasteiger partial charge in [0.1, 0.15) is 0 Å². The number of nitrogens with one attached hydrogen (secondary N) is 1. The molecule has 3 nitrogen and oxygen atoms in total. The maximum Gasteiger partial charge on any atom is 0.320 e. The molecule has 0 radical (unpaired) electrons. The second kappa shape index (κ2) is 5.76. The lowest BCUT2D eigenvalue weighted by Gasteiger charge is -2.16. The Morgan fingerprint density at radius 3 is 2.42 bits per heavy atom. The summed E-state index contributed by atoms with van der Waals surface area (Å²) in [6.45, 7) is 0.0485. The van der Waals surface area contributed by atoms with E-state index in [1.165, 1.54) is 22.9 Å². The number of halogens is 5. The molecule has 0 saturated heterocycles. The summed E-state index contributed by atoms with van der Waals surface area (Å²) >= 11 is 2.98. The quantitative estimate of drug-likeness (QED) is 0.817. The third-order valence-corrected chi connectivity index (χ3v) is 4.57. The SMILES string of the molecule is Cc1ccc(S(=O)(=O)NCC(F)(F)C(F)F)c(Br)c1. The van der Waals surface area contributed by atoms with Crippen LogP contribution in [-0.2, 0) is 10.0 Å². The van der Waals surface area contributed by atoms with Crippen molar-refractivity contribution in [1.29, 1.82) is 0 Å². The fraction of sp³-hybridized carbons (Fsp3) is 0.400. The van der Waals surface area contributed by atoms with Gasteiger partial charge in [-0.1, -0.05) is 6.07 Å². The molecule has 1 aromatic rings. The van der Waals surface area contributed by atoms with Gasteiger partial charge in [-0.15, -0.1) is 0 Å². The van der Waals surface area contributed by atoms with Gasteiger partial charge in [-0.3, -0.25) is 0 Å². The molecule has 19 heavy (non-hydrogen) atoms. The highest BCUT2D eigenvalue weighted by Crippen LogP contribution is 2.25. The maximum atomic E-state index is 12.7. The Labute approximate surface area is 116 Å². The first-order chi connectivity index (χ1) is 8.56. The zero-order valence-corrected chi connectivity index (χ0v) is 12.0. The van der Waals surface area contributed by atoms with Gasteiger partial charge in [0.25, 0.3) is 0 Å². The molecule has 0 saturated carbocycles. The predicted octanol–water partition coefficient (Wildman–Crippen LogP) is 2.94. The van der Waals surface area contributed by atoms with Gasteiger partial charge in [0.15, 0.2) is 0 Å². The monoisotopic (exact) mass is 363 g/mol. The topological polar surface area (TPSA) is 46.2 Å². The van der Waals surface area contributed by atoms with E-state index in [4.69, 9.17) is 0 Å². The first kappa shape index (κ1) is 16.4. The summed E-state index contributed by atoms with van der Waals surface area (Å²) in [5.41, 5.74) is 0.753. The van der Waals surface area contributed by atoms with Gasteiger partial charge >= 0.3 is 12.3 Å². The van der Waals surface area contributed by atoms with Gasteiger partial charge in [0, 0.05) is 4.47 Å². The average Bonchev–Trinajstić information content (AvgIpc) is 2.26. The lowest BCUT2D eigenvalue weighted by molar-refractivity contribution is -0.122. The van der Waals surface area contributed by atoms with Crippen molar-refractivity contribution in [1.82, 2.24) is 4.72 Å². The third-order valence-electron chi connectivity index (χ3n) is 2.19. The average molecular weight is 364 g/mol. The van der Waals surface area contributed by atoms with Crippen molar-refractivity contribution in [3.05, 3.63) is 28.2 Å². The molecule has 0 aliphatic rings. The molecule has 108 valence electrons. The lowest BCUT2D eigenvalue weighted by atomic mass is 10.2. The largest absolute Gasteiger partial charge is 0.320 e. The molecule has 1 N–H and O–H groups in total. The van der Waals surface area contributed by atoms with Gasteiger partial charge in [-0.2, -0.15) is 8.78 Å². The molecular formula is C10H10BrF4NO2S. The highest BCUT2D eigenvalue weighted by molar-refractivity contribution is 9.10. The molecule has 0 spiro atoms. The minimum absolute atomic E-state index is 0.167. The van der Waals surface area contributed by atoms with Crippen molar-refractivity contribution in [2.45, 2.75) is 24.2 Å². The number of sulfonamides is 1. The molecule has 0 amide bonds. The van der Waals surface area contributed by atoms with Gasteiger partial charge in [-0.05, 0) is 40.5 Å². The Bertz CT molecular complexity index is 563. The van der Waals surface area contributed by atoms with Crippen molar-refractivity contribution in [2.75, 3.05) is 6.54 Å². The van der Waals surface area contributed by atoms with Crippen LogP contribution >= 0.6 is 15.9 Å². The highest BCUT2D eigenvalue weighted by atomic mass is 79.9. The van der Waals surface area contributed by atoms with E-state index in [1.807, 2.05) is 0 Å². The van der Waals surface area contributed by atoms with Crippen LogP contribution in [0.15, 0.2) is 27.6 Å². The van der Waals surface area contributed by atoms with Gasteiger partial charge in [0.05, 0.1) is 11.4 Å². The van der Waals surface area contributed by atoms with E-state index in [1.54, 1.807) is 6.92 Å². The molecule has 0 atom stereocenters. The van der Waals surface area contributed by atoms with Gasteiger partial charge < -0.3 is 0 Å². The van der Waals surface area contributed by atoms with Crippen molar-refractivity contribution < 1.29 is 26.0 Å². The van der Waals surface area contributed by atoms with Crippen LogP contribution in [0, 0.1) is 6.92 Å². The summed E-state index contributed by atoms with van der Waals surface area (Å²) in [5, 5.41) is 0. The minimum Gasteiger partial charge on any atom is -0.207 e. The van der Waals surface area contributed by atoms with Crippen LogP contribution in [0.2, 0.25) is 0 Å². The Kier molecular flexibility index (Phi) is 4.97. The molecule has 0 heterocycles. The molecule has 0 aliphatic carbocycles. The summed E-state index contributed by atoms with van der Waals surface area (Å²) in [4.78, 5) is -0.289. The molecule has 9 heteroatoms. The second-order valence-corrected chi connectivity index (χ2v) is 6.41. The van der Waals surface area contributed by atoms with E-state index in [0.29, 0.717) is 0 Å². The number of hydrogen-bond acceptors (Lipinski definition) is 2. The number of rotatable bonds is 5. The molecule has 0 unspecified atom stereocenters. The van der Waals surface area contributed by atoms with Crippen molar-refractivity contribution >= 4 is 26.0 Å². The second-order valence-electron chi connectivity index (χ2n) is 3.82. The summed E-state index contributed by atoms with van der Waals surface area (Å²) in [7, 11) is -4.28. The minimum atomic E-state index is -4.41. The summed E-state index contributed by atoms with van der Waals surface area (Å²) < 4.78 is 74.3. The van der Waals surface area contributed by atoms with E-state index in [0.717, 1.165) is 5.56 Å². The van der Waals surface area contributed by atoms with E-state index in [-0.39, 0.29) is 9.37 Å². The lowest BCUT2D eigenvalue weighted by Crippen LogP contribution is -2.41. The summed E-state index contributed by atoms with van der Waals surface area (Å²) in [6, 6.07) is 4.13. The van der Waals surface area contributed by atoms with Crippen LogP contribution in [0.3, 0.4) is 0 Å². The number of alkyl halides is 4. The molecule has 0 bridgehead atoms. The number of benzene rings is 1. The Balaban J connectivity index is 2.94. The first-order valence-electron chi connectivity index (χ1n) is 4.98. The fourth-order valence-corrected chi connectivity index (χ4v) is 3.40. The van der Waals surface area contributed by atoms with Gasteiger partial charge in [-0.25, -0.2) is 21.9 Å². The zero-order valence-electron chi connectivity index (χ0n) is 9.63. The molecule has 0 aromatic heterocycles. The Morgan fingerprint density at radius 2 is 1.95 bits per heavy atom. The van der Waals surface area contributed by atoms with E-state index in [9.17, 15) is 26.0 Å². The molecule has 1 rings (SSSR count). The van der Waals surface area contributed by atoms with E-state index < -0.39 is 28.9 Å². The number of hydrogen-bond donors (Lipinski definition) is 1. The van der Waals surface area contributed by atoms with Crippen LogP contribution in [0.25, 0.3) is 0 Å². The Morgan fingerprint density at radius 1 is 1.37 bits per heavy atom. The maximum absolute atomic E-state index is 12.7. The normalized spacial score (nSPS) is 13.0. The first-order valence-corrected chi connectivity index (χ1v) is 7.25. The van der Waals surface area contributed by atoms with Crippen molar-refractivity contribution in [3.8, 4) is 0 Å². The van der Waals surface area contributed by atoms with Crippen LogP contribution in [0.1, 0.15) is 5.56 Å². The predicted molar refractivity (Wildman–Crippen MR) is 65.0 cm³/mol. The van der Waals surface area contributed by atoms with Crippen molar-refractivity contribution in [3.63, 3.8) is 0 Å². The van der Waals surface area contributed by atoms with Crippen molar-refractivity contribution in [2.24, 2.45) is 0 Å². The molecular weight excluding hydrogens is 354 g/mol. The van der Waals surface area contributed by atoms with E-state index in [2.05, 4.69) is 15.9 Å². The third kappa shape index (κ3) is 4.15. The summed E-state index contributed by atoms with van der Waals surface area (Å²) in [6.07, 6.45) is -3.93. The van der Waals surface area contributed by atoms with Crippen LogP contribution in [-0.4, -0.2) is 27.3 Å².